The van der Waals surface area contributed by atoms with E-state index in [0.717, 1.165) is 17.7 Å². The number of benzene rings is 2. The van der Waals surface area contributed by atoms with Crippen LogP contribution in [0.1, 0.15) is 5.56 Å². The molecule has 28 heavy (non-hydrogen) atoms. The number of methoxy groups -OCH3 is 1. The van der Waals surface area contributed by atoms with E-state index < -0.39 is 27.5 Å². The molecule has 0 spiro atoms. The number of amides is 1. The van der Waals surface area contributed by atoms with Gasteiger partial charge in [0.25, 0.3) is 0 Å². The summed E-state index contributed by atoms with van der Waals surface area (Å²) in [7, 11) is -1.43. The first-order valence-electron chi connectivity index (χ1n) is 8.05. The molecule has 2 aromatic carbocycles. The molecule has 0 saturated heterocycles. The minimum Gasteiger partial charge on any atom is -0.502 e. The van der Waals surface area contributed by atoms with Crippen LogP contribution in [0.3, 0.4) is 0 Å². The standard InChI is InChI=1S/C20H16FN3O3S/c1-3-18(25)24-20-23-16(13-7-5-4-6-8-13)11-28(20,12-22)14-9-15(21)19(26)17(10-14)27-2/h3-11,26H,1H2,2H3,(H,23,24,25). The molecule has 0 bridgehead atoms. The number of nitrogens with one attached hydrogen (secondary N) is 1. The number of phenols is 1. The molecule has 1 unspecified atom stereocenters. The second-order valence-electron chi connectivity index (χ2n) is 5.69. The monoisotopic (exact) mass is 397 g/mol. The quantitative estimate of drug-likeness (QED) is 0.605. The van der Waals surface area contributed by atoms with Crippen molar-refractivity contribution < 1.29 is 19.0 Å². The SMILES string of the molecule is C=CC(=O)NC1=NC(c2ccccc2)=CS1(C#N)c1cc(F)c(O)c(OC)c1. The number of hydrogen-bond donors (Lipinski definition) is 2. The van der Waals surface area contributed by atoms with Crippen LogP contribution in [0.25, 0.3) is 5.70 Å². The third kappa shape index (κ3) is 3.23. The number of halogens is 1. The lowest BCUT2D eigenvalue weighted by atomic mass is 10.2. The van der Waals surface area contributed by atoms with E-state index in [0.29, 0.717) is 5.70 Å². The van der Waals surface area contributed by atoms with Gasteiger partial charge in [0, 0.05) is 15.9 Å². The van der Waals surface area contributed by atoms with E-state index in [1.54, 1.807) is 5.41 Å². The van der Waals surface area contributed by atoms with Crippen LogP contribution in [0.2, 0.25) is 0 Å². The summed E-state index contributed by atoms with van der Waals surface area (Å²) in [6.07, 6.45) is 1.06. The van der Waals surface area contributed by atoms with Gasteiger partial charge in [-0.05, 0) is 28.2 Å². The van der Waals surface area contributed by atoms with Crippen molar-refractivity contribution in [1.29, 1.82) is 5.26 Å². The molecule has 6 nitrogen and oxygen atoms in total. The second kappa shape index (κ2) is 7.58. The zero-order valence-electron chi connectivity index (χ0n) is 14.8. The van der Waals surface area contributed by atoms with Gasteiger partial charge in [0.15, 0.2) is 22.5 Å². The Morgan fingerprint density at radius 2 is 2.11 bits per heavy atom. The molecular formula is C20H16FN3O3S. The van der Waals surface area contributed by atoms with E-state index in [4.69, 9.17) is 4.74 Å². The summed E-state index contributed by atoms with van der Waals surface area (Å²) >= 11 is 0. The zero-order chi connectivity index (χ0) is 20.3. The highest BCUT2D eigenvalue weighted by molar-refractivity contribution is 8.51. The number of aliphatic imine (C=N–C) groups is 1. The van der Waals surface area contributed by atoms with Crippen LogP contribution in [0.4, 0.5) is 4.39 Å². The van der Waals surface area contributed by atoms with E-state index in [9.17, 15) is 19.6 Å². The number of phenolic OH excluding ortho intramolecular Hbond substituents is 1. The van der Waals surface area contributed by atoms with Gasteiger partial charge in [-0.25, -0.2) is 9.38 Å². The molecule has 8 heteroatoms. The molecule has 0 aliphatic carbocycles. The van der Waals surface area contributed by atoms with Gasteiger partial charge in [0.05, 0.1) is 12.8 Å². The number of carbonyl (C=O) groups is 1. The normalized spacial score (nSPS) is 20.2. The predicted molar refractivity (Wildman–Crippen MR) is 106 cm³/mol. The van der Waals surface area contributed by atoms with Gasteiger partial charge < -0.3 is 15.2 Å². The summed E-state index contributed by atoms with van der Waals surface area (Å²) in [5.74, 6) is -2.25. The van der Waals surface area contributed by atoms with Crippen LogP contribution in [-0.2, 0) is 4.79 Å². The molecule has 142 valence electrons. The number of carbonyl (C=O) groups excluding carboxylic acids is 1. The average Bonchev–Trinajstić information content (AvgIpc) is 3.09. The topological polar surface area (TPSA) is 94.7 Å². The number of amidine groups is 1. The number of thiocyanates is 1. The van der Waals surface area contributed by atoms with Crippen LogP contribution >= 0.6 is 10.0 Å². The van der Waals surface area contributed by atoms with Gasteiger partial charge in [-0.2, -0.15) is 5.26 Å². The summed E-state index contributed by atoms with van der Waals surface area (Å²) in [6.45, 7) is 3.41. The molecule has 1 heterocycles. The van der Waals surface area contributed by atoms with Gasteiger partial charge in [0.2, 0.25) is 5.91 Å². The summed E-state index contributed by atoms with van der Waals surface area (Å²) in [4.78, 5) is 16.6. The first-order chi connectivity index (χ1) is 13.4. The summed E-state index contributed by atoms with van der Waals surface area (Å²) in [5.41, 5.74) is 1.22. The number of ether oxygens (including phenoxy) is 1. The van der Waals surface area contributed by atoms with Crippen molar-refractivity contribution in [2.24, 2.45) is 4.99 Å². The average molecular weight is 397 g/mol. The molecule has 2 N–H and O–H groups in total. The van der Waals surface area contributed by atoms with Crippen LogP contribution in [0.15, 0.2) is 70.4 Å². The fourth-order valence-electron chi connectivity index (χ4n) is 2.63. The Labute approximate surface area is 162 Å². The molecule has 0 aromatic heterocycles. The molecule has 2 aromatic rings. The highest BCUT2D eigenvalue weighted by Gasteiger charge is 2.38. The Hall–Kier alpha value is -3.57. The smallest absolute Gasteiger partial charge is 0.249 e. The van der Waals surface area contributed by atoms with Gasteiger partial charge in [-0.1, -0.05) is 36.9 Å². The lowest BCUT2D eigenvalue weighted by Crippen LogP contribution is -2.30. The van der Waals surface area contributed by atoms with Crippen molar-refractivity contribution in [3.8, 4) is 16.9 Å². The van der Waals surface area contributed by atoms with Crippen molar-refractivity contribution in [3.05, 3.63) is 71.9 Å². The molecule has 0 radical (unpaired) electrons. The largest absolute Gasteiger partial charge is 0.502 e. The van der Waals surface area contributed by atoms with Gasteiger partial charge >= 0.3 is 0 Å². The lowest BCUT2D eigenvalue weighted by Gasteiger charge is -2.27. The van der Waals surface area contributed by atoms with E-state index in [1.165, 1.54) is 13.2 Å². The van der Waals surface area contributed by atoms with Crippen molar-refractivity contribution in [1.82, 2.24) is 5.32 Å². The molecule has 3 rings (SSSR count). The highest BCUT2D eigenvalue weighted by Crippen LogP contribution is 2.62. The predicted octanol–water partition coefficient (Wildman–Crippen LogP) is 3.85. The Morgan fingerprint density at radius 1 is 1.39 bits per heavy atom. The molecule has 1 atom stereocenters. The molecule has 1 aliphatic heterocycles. The Morgan fingerprint density at radius 3 is 2.71 bits per heavy atom. The first-order valence-corrected chi connectivity index (χ1v) is 9.75. The summed E-state index contributed by atoms with van der Waals surface area (Å²) < 4.78 is 19.3. The molecule has 0 fully saturated rings. The second-order valence-corrected chi connectivity index (χ2v) is 8.28. The van der Waals surface area contributed by atoms with Gasteiger partial charge in [0.1, 0.15) is 5.40 Å². The Balaban J connectivity index is 2.23. The number of nitriles is 1. The number of nitrogens with zero attached hydrogens (tertiary/aromatic N) is 2. The van der Waals surface area contributed by atoms with Gasteiger partial charge in [-0.15, -0.1) is 0 Å². The van der Waals surface area contributed by atoms with Crippen molar-refractivity contribution in [2.75, 3.05) is 7.11 Å². The van der Waals surface area contributed by atoms with Gasteiger partial charge in [-0.3, -0.25) is 4.79 Å². The highest BCUT2D eigenvalue weighted by atomic mass is 32.3. The molecule has 1 aliphatic rings. The number of hydrogen-bond acceptors (Lipinski definition) is 5. The van der Waals surface area contributed by atoms with Crippen LogP contribution in [-0.4, -0.2) is 23.3 Å². The fraction of sp³-hybridized carbons (Fsp3) is 0.0500. The minimum atomic E-state index is -2.71. The summed E-state index contributed by atoms with van der Waals surface area (Å²) in [5, 5.41) is 26.3. The third-order valence-electron chi connectivity index (χ3n) is 4.04. The fourth-order valence-corrected chi connectivity index (χ4v) is 4.96. The van der Waals surface area contributed by atoms with Crippen molar-refractivity contribution in [3.63, 3.8) is 0 Å². The van der Waals surface area contributed by atoms with Crippen molar-refractivity contribution in [2.45, 2.75) is 4.90 Å². The summed E-state index contributed by atoms with van der Waals surface area (Å²) in [6, 6.07) is 11.5. The van der Waals surface area contributed by atoms with E-state index in [-0.39, 0.29) is 15.8 Å². The van der Waals surface area contributed by atoms with Crippen LogP contribution < -0.4 is 10.1 Å². The van der Waals surface area contributed by atoms with E-state index in [1.807, 2.05) is 30.3 Å². The Bertz CT molecular complexity index is 1060. The Kier molecular flexibility index (Phi) is 5.20. The maximum Gasteiger partial charge on any atom is 0.249 e. The zero-order valence-corrected chi connectivity index (χ0v) is 15.7. The maximum absolute atomic E-state index is 14.3. The van der Waals surface area contributed by atoms with Crippen LogP contribution in [0, 0.1) is 16.5 Å². The van der Waals surface area contributed by atoms with E-state index >= 15 is 0 Å². The lowest BCUT2D eigenvalue weighted by molar-refractivity contribution is -0.115. The molecule has 0 saturated carbocycles. The first kappa shape index (κ1) is 19.2. The number of aromatic hydroxyl groups is 1. The number of rotatable bonds is 4. The maximum atomic E-state index is 14.3. The molecular weight excluding hydrogens is 381 g/mol. The van der Waals surface area contributed by atoms with Crippen molar-refractivity contribution >= 4 is 26.8 Å². The molecule has 1 amide bonds. The third-order valence-corrected chi connectivity index (χ3v) is 6.69. The van der Waals surface area contributed by atoms with Crippen LogP contribution in [0.5, 0.6) is 11.5 Å². The minimum absolute atomic E-state index is 0.0888. The van der Waals surface area contributed by atoms with E-state index in [2.05, 4.69) is 22.3 Å².